The van der Waals surface area contributed by atoms with Crippen molar-refractivity contribution >= 4 is 29.9 Å². The second kappa shape index (κ2) is 11.2. The molecule has 26 heavy (non-hydrogen) atoms. The number of nitrogens with zero attached hydrogens (tertiary/aromatic N) is 1. The van der Waals surface area contributed by atoms with Crippen molar-refractivity contribution in [3.05, 3.63) is 29.8 Å². The second-order valence-electron chi connectivity index (χ2n) is 7.16. The van der Waals surface area contributed by atoms with Crippen LogP contribution in [0.2, 0.25) is 0 Å². The average Bonchev–Trinajstić information content (AvgIpc) is 2.58. The van der Waals surface area contributed by atoms with Gasteiger partial charge in [0.1, 0.15) is 6.04 Å². The number of anilines is 1. The van der Waals surface area contributed by atoms with E-state index in [1.165, 1.54) is 0 Å². The number of halogens is 1. The average molecular weight is 382 g/mol. The Hall–Kier alpha value is -1.59. The first-order valence-corrected chi connectivity index (χ1v) is 9.41. The maximum Gasteiger partial charge on any atom is 0.247 e. The van der Waals surface area contributed by atoms with Gasteiger partial charge in [0.2, 0.25) is 11.8 Å². The molecule has 1 unspecified atom stereocenters. The zero-order valence-corrected chi connectivity index (χ0v) is 16.9. The van der Waals surface area contributed by atoms with Gasteiger partial charge in [0, 0.05) is 25.2 Å². The first-order chi connectivity index (χ1) is 12.0. The fraction of sp³-hybridized carbons (Fsp3) is 0.600. The van der Waals surface area contributed by atoms with Gasteiger partial charge in [-0.15, -0.1) is 12.4 Å². The molecular weight excluding hydrogens is 350 g/mol. The van der Waals surface area contributed by atoms with Crippen LogP contribution in [-0.4, -0.2) is 35.8 Å². The molecule has 1 fully saturated rings. The SMILES string of the molecule is CCNCc1cccc(NC(=O)C(CC(C)C)N2CCCCC2=O)c1.Cl. The number of carbonyl (C=O) groups excluding carboxylic acids is 2. The lowest BCUT2D eigenvalue weighted by atomic mass is 9.98. The van der Waals surface area contributed by atoms with Crippen LogP contribution in [-0.2, 0) is 16.1 Å². The quantitative estimate of drug-likeness (QED) is 0.723. The number of piperidine rings is 1. The van der Waals surface area contributed by atoms with E-state index < -0.39 is 0 Å². The molecule has 0 aromatic heterocycles. The van der Waals surface area contributed by atoms with Crippen LogP contribution in [0.1, 0.15) is 52.0 Å². The Morgan fingerprint density at radius 2 is 2.04 bits per heavy atom. The minimum absolute atomic E-state index is 0. The molecule has 0 bridgehead atoms. The fourth-order valence-corrected chi connectivity index (χ4v) is 3.23. The third kappa shape index (κ3) is 6.61. The van der Waals surface area contributed by atoms with E-state index in [2.05, 4.69) is 31.4 Å². The molecule has 1 saturated heterocycles. The summed E-state index contributed by atoms with van der Waals surface area (Å²) < 4.78 is 0. The normalized spacial score (nSPS) is 15.5. The van der Waals surface area contributed by atoms with Crippen LogP contribution in [0.25, 0.3) is 0 Å². The van der Waals surface area contributed by atoms with Crippen molar-refractivity contribution in [1.82, 2.24) is 10.2 Å². The second-order valence-corrected chi connectivity index (χ2v) is 7.16. The van der Waals surface area contributed by atoms with E-state index in [1.54, 1.807) is 4.90 Å². The third-order valence-electron chi connectivity index (χ3n) is 4.51. The molecule has 0 aliphatic carbocycles. The smallest absolute Gasteiger partial charge is 0.247 e. The number of carbonyl (C=O) groups is 2. The molecular formula is C20H32ClN3O2. The van der Waals surface area contributed by atoms with Crippen molar-refractivity contribution in [2.45, 2.75) is 59.0 Å². The Morgan fingerprint density at radius 3 is 2.69 bits per heavy atom. The van der Waals surface area contributed by atoms with Crippen LogP contribution in [0.5, 0.6) is 0 Å². The van der Waals surface area contributed by atoms with Gasteiger partial charge >= 0.3 is 0 Å². The summed E-state index contributed by atoms with van der Waals surface area (Å²) in [6, 6.07) is 7.50. The number of nitrogens with one attached hydrogen (secondary N) is 2. The molecule has 1 aromatic carbocycles. The number of amides is 2. The van der Waals surface area contributed by atoms with E-state index in [0.29, 0.717) is 25.3 Å². The van der Waals surface area contributed by atoms with Crippen LogP contribution in [0.15, 0.2) is 24.3 Å². The van der Waals surface area contributed by atoms with Crippen LogP contribution < -0.4 is 10.6 Å². The van der Waals surface area contributed by atoms with E-state index in [4.69, 9.17) is 0 Å². The number of benzene rings is 1. The van der Waals surface area contributed by atoms with E-state index in [-0.39, 0.29) is 30.3 Å². The molecule has 6 heteroatoms. The Labute approximate surface area is 163 Å². The van der Waals surface area contributed by atoms with E-state index in [1.807, 2.05) is 24.3 Å². The molecule has 0 saturated carbocycles. The van der Waals surface area contributed by atoms with Gasteiger partial charge in [-0.2, -0.15) is 0 Å². The zero-order valence-electron chi connectivity index (χ0n) is 16.1. The largest absolute Gasteiger partial charge is 0.331 e. The number of rotatable bonds is 8. The van der Waals surface area contributed by atoms with Gasteiger partial charge in [-0.25, -0.2) is 0 Å². The van der Waals surface area contributed by atoms with Gasteiger partial charge in [0.05, 0.1) is 0 Å². The molecule has 2 amide bonds. The van der Waals surface area contributed by atoms with Crippen molar-refractivity contribution in [2.75, 3.05) is 18.4 Å². The predicted octanol–water partition coefficient (Wildman–Crippen LogP) is 3.58. The highest BCUT2D eigenvalue weighted by Gasteiger charge is 2.31. The molecule has 5 nitrogen and oxygen atoms in total. The van der Waals surface area contributed by atoms with Crippen molar-refractivity contribution < 1.29 is 9.59 Å². The first kappa shape index (κ1) is 22.5. The molecule has 2 N–H and O–H groups in total. The van der Waals surface area contributed by atoms with Gasteiger partial charge in [-0.3, -0.25) is 9.59 Å². The molecule has 1 aliphatic rings. The number of likely N-dealkylation sites (tertiary alicyclic amines) is 1. The summed E-state index contributed by atoms with van der Waals surface area (Å²) in [6.45, 7) is 8.61. The standard InChI is InChI=1S/C20H31N3O2.ClH/c1-4-21-14-16-8-7-9-17(13-16)22-20(25)18(12-15(2)3)23-11-6-5-10-19(23)24;/h7-9,13,15,18,21H,4-6,10-12,14H2,1-3H3,(H,22,25);1H. The van der Waals surface area contributed by atoms with E-state index in [9.17, 15) is 9.59 Å². The Morgan fingerprint density at radius 1 is 1.27 bits per heavy atom. The summed E-state index contributed by atoms with van der Waals surface area (Å²) in [5.41, 5.74) is 1.92. The minimum Gasteiger partial charge on any atom is -0.331 e. The van der Waals surface area contributed by atoms with E-state index >= 15 is 0 Å². The lowest BCUT2D eigenvalue weighted by Crippen LogP contribution is -2.49. The predicted molar refractivity (Wildman–Crippen MR) is 109 cm³/mol. The minimum atomic E-state index is -0.384. The van der Waals surface area contributed by atoms with Crippen molar-refractivity contribution in [3.63, 3.8) is 0 Å². The topological polar surface area (TPSA) is 61.4 Å². The summed E-state index contributed by atoms with van der Waals surface area (Å²) in [7, 11) is 0. The molecule has 1 atom stereocenters. The summed E-state index contributed by atoms with van der Waals surface area (Å²) in [4.78, 5) is 27.0. The van der Waals surface area contributed by atoms with Gasteiger partial charge in [-0.05, 0) is 49.4 Å². The molecule has 2 rings (SSSR count). The molecule has 146 valence electrons. The number of hydrogen-bond donors (Lipinski definition) is 2. The maximum atomic E-state index is 12.9. The fourth-order valence-electron chi connectivity index (χ4n) is 3.23. The van der Waals surface area contributed by atoms with Crippen molar-refractivity contribution in [3.8, 4) is 0 Å². The molecule has 1 aliphatic heterocycles. The van der Waals surface area contributed by atoms with Gasteiger partial charge < -0.3 is 15.5 Å². The highest BCUT2D eigenvalue weighted by molar-refractivity contribution is 5.97. The van der Waals surface area contributed by atoms with E-state index in [0.717, 1.165) is 37.2 Å². The van der Waals surface area contributed by atoms with Gasteiger partial charge in [0.15, 0.2) is 0 Å². The summed E-state index contributed by atoms with van der Waals surface area (Å²) in [5.74, 6) is 0.378. The molecule has 0 radical (unpaired) electrons. The summed E-state index contributed by atoms with van der Waals surface area (Å²) in [6.07, 6.45) is 3.15. The zero-order chi connectivity index (χ0) is 18.2. The highest BCUT2D eigenvalue weighted by Crippen LogP contribution is 2.21. The van der Waals surface area contributed by atoms with Crippen LogP contribution in [0.3, 0.4) is 0 Å². The van der Waals surface area contributed by atoms with Crippen LogP contribution >= 0.6 is 12.4 Å². The lowest BCUT2D eigenvalue weighted by Gasteiger charge is -2.34. The number of hydrogen-bond acceptors (Lipinski definition) is 3. The lowest BCUT2D eigenvalue weighted by molar-refractivity contribution is -0.141. The van der Waals surface area contributed by atoms with Gasteiger partial charge in [0.25, 0.3) is 0 Å². The Kier molecular flexibility index (Phi) is 9.66. The van der Waals surface area contributed by atoms with Crippen molar-refractivity contribution in [2.24, 2.45) is 5.92 Å². The Balaban J connectivity index is 0.00000338. The van der Waals surface area contributed by atoms with Crippen LogP contribution in [0.4, 0.5) is 5.69 Å². The molecule has 0 spiro atoms. The van der Waals surface area contributed by atoms with Gasteiger partial charge in [-0.1, -0.05) is 32.9 Å². The third-order valence-corrected chi connectivity index (χ3v) is 4.51. The first-order valence-electron chi connectivity index (χ1n) is 9.41. The monoisotopic (exact) mass is 381 g/mol. The summed E-state index contributed by atoms with van der Waals surface area (Å²) >= 11 is 0. The van der Waals surface area contributed by atoms with Crippen LogP contribution in [0, 0.1) is 5.92 Å². The molecule has 1 heterocycles. The Bertz CT molecular complexity index is 592. The molecule has 1 aromatic rings. The highest BCUT2D eigenvalue weighted by atomic mass is 35.5. The van der Waals surface area contributed by atoms with Crippen molar-refractivity contribution in [1.29, 1.82) is 0 Å². The maximum absolute atomic E-state index is 12.9. The summed E-state index contributed by atoms with van der Waals surface area (Å²) in [5, 5.41) is 6.31.